The Morgan fingerprint density at radius 3 is 2.88 bits per heavy atom. The van der Waals surface area contributed by atoms with Crippen molar-refractivity contribution >= 4 is 11.7 Å². The molecule has 1 fully saturated rings. The molecule has 4 heteroatoms. The topological polar surface area (TPSA) is 46.6 Å². The molecule has 0 unspecified atom stereocenters. The Morgan fingerprint density at radius 2 is 2.17 bits per heavy atom. The van der Waals surface area contributed by atoms with E-state index in [0.717, 1.165) is 30.6 Å². The Labute approximate surface area is 144 Å². The smallest absolute Gasteiger partial charge is 0.223 e. The van der Waals surface area contributed by atoms with E-state index in [2.05, 4.69) is 0 Å². The molecule has 130 valence electrons. The normalized spacial score (nSPS) is 19.0. The summed E-state index contributed by atoms with van der Waals surface area (Å²) in [5.74, 6) is 1.13. The van der Waals surface area contributed by atoms with E-state index in [1.54, 1.807) is 13.2 Å². The molecule has 0 N–H and O–H groups in total. The highest BCUT2D eigenvalue weighted by molar-refractivity contribution is 5.89. The van der Waals surface area contributed by atoms with Gasteiger partial charge in [0.25, 0.3) is 0 Å². The van der Waals surface area contributed by atoms with Gasteiger partial charge in [-0.2, -0.15) is 0 Å². The Bertz CT molecular complexity index is 609. The predicted octanol–water partition coefficient (Wildman–Crippen LogP) is 4.06. The summed E-state index contributed by atoms with van der Waals surface area (Å²) in [6.45, 7) is 4.04. The quantitative estimate of drug-likeness (QED) is 0.676. The number of methoxy groups -OCH3 is 1. The van der Waals surface area contributed by atoms with Crippen LogP contribution in [0.15, 0.2) is 36.4 Å². The van der Waals surface area contributed by atoms with Gasteiger partial charge in [0.05, 0.1) is 13.2 Å². The van der Waals surface area contributed by atoms with E-state index in [1.807, 2.05) is 49.1 Å². The first kappa shape index (κ1) is 18.2. The van der Waals surface area contributed by atoms with Crippen LogP contribution in [0.25, 0.3) is 0 Å². The second-order valence-electron chi connectivity index (χ2n) is 6.27. The van der Waals surface area contributed by atoms with Gasteiger partial charge in [0, 0.05) is 24.4 Å². The van der Waals surface area contributed by atoms with Crippen molar-refractivity contribution in [2.24, 2.45) is 0 Å². The number of rotatable bonds is 8. The van der Waals surface area contributed by atoms with Crippen molar-refractivity contribution in [3.05, 3.63) is 42.0 Å². The number of ether oxygens (including phenoxy) is 1. The van der Waals surface area contributed by atoms with Crippen molar-refractivity contribution in [2.75, 3.05) is 7.11 Å². The Hall–Kier alpha value is -2.10. The number of ketones is 1. The molecule has 1 aromatic rings. The van der Waals surface area contributed by atoms with Gasteiger partial charge in [0.1, 0.15) is 5.75 Å². The van der Waals surface area contributed by atoms with E-state index in [-0.39, 0.29) is 23.8 Å². The van der Waals surface area contributed by atoms with E-state index in [4.69, 9.17) is 4.74 Å². The molecule has 0 bridgehead atoms. The van der Waals surface area contributed by atoms with Crippen molar-refractivity contribution in [1.29, 1.82) is 0 Å². The van der Waals surface area contributed by atoms with Crippen LogP contribution in [0.5, 0.6) is 5.75 Å². The van der Waals surface area contributed by atoms with E-state index in [1.165, 1.54) is 0 Å². The highest BCUT2D eigenvalue weighted by atomic mass is 16.5. The number of hydrogen-bond acceptors (Lipinski definition) is 3. The van der Waals surface area contributed by atoms with Gasteiger partial charge in [-0.1, -0.05) is 31.2 Å². The number of amides is 1. The largest absolute Gasteiger partial charge is 0.496 e. The summed E-state index contributed by atoms with van der Waals surface area (Å²) in [4.78, 5) is 26.0. The standard InChI is InChI=1S/C20H27NO3/c1-4-8-17(22)10-7-9-16-13-14-20(23)21(16)15(2)18-11-5-6-12-19(18)24-3/h5-7,10-12,15-16H,4,8-9,13-14H2,1-3H3/b10-7+/t15-,16+/m0/s1. The van der Waals surface area contributed by atoms with E-state index < -0.39 is 0 Å². The van der Waals surface area contributed by atoms with Gasteiger partial charge in [-0.25, -0.2) is 0 Å². The number of carbonyl (C=O) groups is 2. The number of benzene rings is 1. The predicted molar refractivity (Wildman–Crippen MR) is 94.9 cm³/mol. The van der Waals surface area contributed by atoms with Crippen molar-refractivity contribution in [3.8, 4) is 5.75 Å². The molecule has 2 atom stereocenters. The minimum Gasteiger partial charge on any atom is -0.496 e. The first-order chi connectivity index (χ1) is 11.6. The highest BCUT2D eigenvalue weighted by Crippen LogP contribution is 2.35. The molecule has 1 aromatic carbocycles. The zero-order valence-corrected chi connectivity index (χ0v) is 14.8. The SMILES string of the molecule is CCCC(=O)/C=C/C[C@@H]1CCC(=O)N1[C@@H](C)c1ccccc1OC. The van der Waals surface area contributed by atoms with Crippen LogP contribution in [0, 0.1) is 0 Å². The third-order valence-electron chi connectivity index (χ3n) is 4.59. The fraction of sp³-hybridized carbons (Fsp3) is 0.500. The Morgan fingerprint density at radius 1 is 1.42 bits per heavy atom. The third kappa shape index (κ3) is 4.25. The zero-order valence-electron chi connectivity index (χ0n) is 14.8. The maximum Gasteiger partial charge on any atom is 0.223 e. The molecule has 0 radical (unpaired) electrons. The maximum absolute atomic E-state index is 12.4. The van der Waals surface area contributed by atoms with Gasteiger partial charge in [0.15, 0.2) is 5.78 Å². The molecule has 1 aliphatic rings. The maximum atomic E-state index is 12.4. The zero-order chi connectivity index (χ0) is 17.5. The average Bonchev–Trinajstić information content (AvgIpc) is 2.95. The van der Waals surface area contributed by atoms with Gasteiger partial charge >= 0.3 is 0 Å². The Kier molecular flexibility index (Phi) is 6.59. The molecular weight excluding hydrogens is 302 g/mol. The lowest BCUT2D eigenvalue weighted by Gasteiger charge is -2.31. The number of nitrogens with zero attached hydrogens (tertiary/aromatic N) is 1. The Balaban J connectivity index is 2.11. The second kappa shape index (κ2) is 8.67. The molecule has 4 nitrogen and oxygen atoms in total. The van der Waals surface area contributed by atoms with Crippen molar-refractivity contribution in [1.82, 2.24) is 4.90 Å². The molecule has 1 saturated heterocycles. The van der Waals surface area contributed by atoms with Gasteiger partial charge in [-0.15, -0.1) is 0 Å². The number of carbonyl (C=O) groups excluding carboxylic acids is 2. The molecule has 0 spiro atoms. The van der Waals surface area contributed by atoms with Gasteiger partial charge in [-0.05, 0) is 38.3 Å². The summed E-state index contributed by atoms with van der Waals surface area (Å²) in [6.07, 6.45) is 7.16. The number of para-hydroxylation sites is 1. The first-order valence-electron chi connectivity index (χ1n) is 8.71. The number of allylic oxidation sites excluding steroid dienone is 1. The van der Waals surface area contributed by atoms with Crippen LogP contribution in [0.2, 0.25) is 0 Å². The van der Waals surface area contributed by atoms with Gasteiger partial charge in [-0.3, -0.25) is 9.59 Å². The molecule has 1 aliphatic heterocycles. The van der Waals surface area contributed by atoms with E-state index in [9.17, 15) is 9.59 Å². The van der Waals surface area contributed by atoms with Crippen LogP contribution in [-0.2, 0) is 9.59 Å². The molecular formula is C20H27NO3. The second-order valence-corrected chi connectivity index (χ2v) is 6.27. The van der Waals surface area contributed by atoms with Gasteiger partial charge < -0.3 is 9.64 Å². The van der Waals surface area contributed by atoms with Crippen LogP contribution in [-0.4, -0.2) is 29.7 Å². The minimum atomic E-state index is -0.0408. The summed E-state index contributed by atoms with van der Waals surface area (Å²) in [5.41, 5.74) is 1.02. The summed E-state index contributed by atoms with van der Waals surface area (Å²) >= 11 is 0. The number of likely N-dealkylation sites (tertiary alicyclic amines) is 1. The summed E-state index contributed by atoms with van der Waals surface area (Å²) in [5, 5.41) is 0. The van der Waals surface area contributed by atoms with Gasteiger partial charge in [0.2, 0.25) is 5.91 Å². The summed E-state index contributed by atoms with van der Waals surface area (Å²) in [6, 6.07) is 7.93. The summed E-state index contributed by atoms with van der Waals surface area (Å²) < 4.78 is 5.44. The molecule has 1 heterocycles. The first-order valence-corrected chi connectivity index (χ1v) is 8.71. The molecule has 0 aliphatic carbocycles. The fourth-order valence-electron chi connectivity index (χ4n) is 3.37. The molecule has 1 amide bonds. The molecule has 2 rings (SSSR count). The molecule has 0 aromatic heterocycles. The third-order valence-corrected chi connectivity index (χ3v) is 4.59. The lowest BCUT2D eigenvalue weighted by atomic mass is 10.0. The van der Waals surface area contributed by atoms with Crippen LogP contribution in [0.1, 0.15) is 57.6 Å². The summed E-state index contributed by atoms with van der Waals surface area (Å²) in [7, 11) is 1.65. The number of hydrogen-bond donors (Lipinski definition) is 0. The van der Waals surface area contributed by atoms with Crippen molar-refractivity contribution in [3.63, 3.8) is 0 Å². The monoisotopic (exact) mass is 329 g/mol. The van der Waals surface area contributed by atoms with Crippen molar-refractivity contribution in [2.45, 2.75) is 58.0 Å². The van der Waals surface area contributed by atoms with Crippen molar-refractivity contribution < 1.29 is 14.3 Å². The highest BCUT2D eigenvalue weighted by Gasteiger charge is 2.35. The fourth-order valence-corrected chi connectivity index (χ4v) is 3.37. The lowest BCUT2D eigenvalue weighted by Crippen LogP contribution is -2.35. The van der Waals surface area contributed by atoms with Crippen LogP contribution < -0.4 is 4.74 Å². The van der Waals surface area contributed by atoms with Crippen LogP contribution >= 0.6 is 0 Å². The minimum absolute atomic E-state index is 0.0408. The van der Waals surface area contributed by atoms with Crippen LogP contribution in [0.4, 0.5) is 0 Å². The van der Waals surface area contributed by atoms with E-state index in [0.29, 0.717) is 12.8 Å². The molecule has 24 heavy (non-hydrogen) atoms. The van der Waals surface area contributed by atoms with E-state index >= 15 is 0 Å². The average molecular weight is 329 g/mol. The lowest BCUT2D eigenvalue weighted by molar-refractivity contribution is -0.131. The van der Waals surface area contributed by atoms with Crippen LogP contribution in [0.3, 0.4) is 0 Å². The molecule has 0 saturated carbocycles.